The fourth-order valence-corrected chi connectivity index (χ4v) is 1.90. The fraction of sp³-hybridized carbons (Fsp3) is 0.529. The molecule has 0 bridgehead atoms. The number of hydrogen-bond donors (Lipinski definition) is 1. The van der Waals surface area contributed by atoms with Crippen molar-refractivity contribution in [3.05, 3.63) is 47.5 Å². The molecule has 18 heavy (non-hydrogen) atoms. The minimum Gasteiger partial charge on any atom is -0.316 e. The summed E-state index contributed by atoms with van der Waals surface area (Å²) in [4.78, 5) is 0. The van der Waals surface area contributed by atoms with Crippen LogP contribution in [0.2, 0.25) is 0 Å². The van der Waals surface area contributed by atoms with Gasteiger partial charge in [-0.25, -0.2) is 0 Å². The molecule has 0 radical (unpaired) electrons. The Hall–Kier alpha value is -1.08. The maximum atomic E-state index is 3.47. The third-order valence-electron chi connectivity index (χ3n) is 3.02. The van der Waals surface area contributed by atoms with E-state index in [-0.39, 0.29) is 0 Å². The van der Waals surface area contributed by atoms with Crippen LogP contribution in [0.25, 0.3) is 0 Å². The van der Waals surface area contributed by atoms with Gasteiger partial charge in [0.25, 0.3) is 0 Å². The molecule has 0 spiro atoms. The molecule has 1 aromatic carbocycles. The van der Waals surface area contributed by atoms with Crippen molar-refractivity contribution in [3.63, 3.8) is 0 Å². The van der Waals surface area contributed by atoms with E-state index in [0.29, 0.717) is 0 Å². The number of nitrogens with one attached hydrogen (secondary N) is 1. The van der Waals surface area contributed by atoms with Crippen molar-refractivity contribution in [2.24, 2.45) is 5.92 Å². The van der Waals surface area contributed by atoms with Gasteiger partial charge in [0.1, 0.15) is 0 Å². The van der Waals surface area contributed by atoms with Crippen molar-refractivity contribution < 1.29 is 0 Å². The smallest absolute Gasteiger partial charge is 0.00141 e. The average molecular weight is 245 g/mol. The Bertz CT molecular complexity index is 338. The average Bonchev–Trinajstić information content (AvgIpc) is 2.37. The van der Waals surface area contributed by atoms with Gasteiger partial charge in [-0.15, -0.1) is 0 Å². The van der Waals surface area contributed by atoms with Gasteiger partial charge in [-0.2, -0.15) is 0 Å². The molecule has 0 aliphatic heterocycles. The van der Waals surface area contributed by atoms with Gasteiger partial charge in [-0.1, -0.05) is 55.8 Å². The first-order valence-electron chi connectivity index (χ1n) is 7.08. The monoisotopic (exact) mass is 245 g/mol. The predicted octanol–water partition coefficient (Wildman–Crippen LogP) is 4.20. The van der Waals surface area contributed by atoms with E-state index in [9.17, 15) is 0 Å². The molecular weight excluding hydrogens is 218 g/mol. The van der Waals surface area contributed by atoms with Crippen molar-refractivity contribution in [1.29, 1.82) is 0 Å². The second-order valence-corrected chi connectivity index (χ2v) is 5.42. The molecule has 1 heteroatoms. The summed E-state index contributed by atoms with van der Waals surface area (Å²) in [6.45, 7) is 8.95. The minimum absolute atomic E-state index is 0.744. The second-order valence-electron chi connectivity index (χ2n) is 5.42. The lowest BCUT2D eigenvalue weighted by Gasteiger charge is -2.06. The molecule has 0 aromatic heterocycles. The Morgan fingerprint density at radius 1 is 1.22 bits per heavy atom. The predicted molar refractivity (Wildman–Crippen MR) is 80.8 cm³/mol. The third kappa shape index (κ3) is 7.29. The summed E-state index contributed by atoms with van der Waals surface area (Å²) >= 11 is 0. The molecule has 0 aliphatic carbocycles. The van der Waals surface area contributed by atoms with Crippen LogP contribution in [-0.2, 0) is 6.42 Å². The van der Waals surface area contributed by atoms with Crippen LogP contribution in [0, 0.1) is 5.92 Å². The Balaban J connectivity index is 2.14. The summed E-state index contributed by atoms with van der Waals surface area (Å²) in [5, 5.41) is 3.47. The van der Waals surface area contributed by atoms with Crippen LogP contribution in [-0.4, -0.2) is 13.1 Å². The molecule has 1 rings (SSSR count). The number of rotatable bonds is 8. The van der Waals surface area contributed by atoms with E-state index in [1.54, 1.807) is 0 Å². The number of benzene rings is 1. The molecule has 0 unspecified atom stereocenters. The van der Waals surface area contributed by atoms with Gasteiger partial charge in [0, 0.05) is 0 Å². The molecule has 0 amide bonds. The summed E-state index contributed by atoms with van der Waals surface area (Å²) in [6.07, 6.45) is 5.85. The zero-order valence-electron chi connectivity index (χ0n) is 12.1. The summed E-state index contributed by atoms with van der Waals surface area (Å²) < 4.78 is 0. The lowest BCUT2D eigenvalue weighted by Crippen LogP contribution is -2.20. The fourth-order valence-electron chi connectivity index (χ4n) is 1.90. The topological polar surface area (TPSA) is 12.0 Å². The standard InChI is InChI=1S/C17H27N/c1-15(2)14-18-13-7-8-16(3)11-12-17-9-5-4-6-10-17/h4-6,8-10,15,18H,7,11-14H2,1-3H3. The van der Waals surface area contributed by atoms with E-state index in [1.807, 2.05) is 0 Å². The quantitative estimate of drug-likeness (QED) is 0.534. The van der Waals surface area contributed by atoms with Crippen LogP contribution < -0.4 is 5.32 Å². The number of allylic oxidation sites excluding steroid dienone is 1. The van der Waals surface area contributed by atoms with Crippen molar-refractivity contribution in [2.75, 3.05) is 13.1 Å². The molecule has 0 saturated carbocycles. The molecule has 1 nitrogen and oxygen atoms in total. The summed E-state index contributed by atoms with van der Waals surface area (Å²) in [7, 11) is 0. The molecule has 100 valence electrons. The van der Waals surface area contributed by atoms with Gasteiger partial charge >= 0.3 is 0 Å². The van der Waals surface area contributed by atoms with Crippen LogP contribution >= 0.6 is 0 Å². The molecule has 0 aliphatic rings. The lowest BCUT2D eigenvalue weighted by molar-refractivity contribution is 0.556. The molecule has 0 fully saturated rings. The van der Waals surface area contributed by atoms with E-state index >= 15 is 0 Å². The summed E-state index contributed by atoms with van der Waals surface area (Å²) in [6, 6.07) is 10.7. The van der Waals surface area contributed by atoms with Gasteiger partial charge in [-0.3, -0.25) is 0 Å². The van der Waals surface area contributed by atoms with Crippen molar-refractivity contribution in [1.82, 2.24) is 5.32 Å². The first-order chi connectivity index (χ1) is 8.68. The van der Waals surface area contributed by atoms with E-state index in [1.165, 1.54) is 17.6 Å². The molecule has 0 atom stereocenters. The van der Waals surface area contributed by atoms with Crippen molar-refractivity contribution in [2.45, 2.75) is 40.0 Å². The molecular formula is C17H27N. The molecule has 1 N–H and O–H groups in total. The highest BCUT2D eigenvalue weighted by atomic mass is 14.8. The first-order valence-corrected chi connectivity index (χ1v) is 7.08. The minimum atomic E-state index is 0.744. The van der Waals surface area contributed by atoms with E-state index in [4.69, 9.17) is 0 Å². The Labute approximate surface area is 112 Å². The second kappa shape index (κ2) is 8.93. The zero-order valence-corrected chi connectivity index (χ0v) is 12.1. The van der Waals surface area contributed by atoms with Gasteiger partial charge in [0.15, 0.2) is 0 Å². The van der Waals surface area contributed by atoms with Crippen LogP contribution in [0.4, 0.5) is 0 Å². The van der Waals surface area contributed by atoms with Crippen molar-refractivity contribution in [3.8, 4) is 0 Å². The van der Waals surface area contributed by atoms with Crippen LogP contribution in [0.1, 0.15) is 39.2 Å². The maximum absolute atomic E-state index is 3.47. The number of aryl methyl sites for hydroxylation is 1. The highest BCUT2D eigenvalue weighted by Gasteiger charge is 1.94. The largest absolute Gasteiger partial charge is 0.316 e. The van der Waals surface area contributed by atoms with Gasteiger partial charge < -0.3 is 5.32 Å². The van der Waals surface area contributed by atoms with Gasteiger partial charge in [0.05, 0.1) is 0 Å². The highest BCUT2D eigenvalue weighted by molar-refractivity contribution is 5.16. The normalized spacial score (nSPS) is 12.1. The Morgan fingerprint density at radius 3 is 2.61 bits per heavy atom. The van der Waals surface area contributed by atoms with E-state index in [0.717, 1.165) is 31.8 Å². The van der Waals surface area contributed by atoms with Gasteiger partial charge in [0.2, 0.25) is 0 Å². The summed E-state index contributed by atoms with van der Waals surface area (Å²) in [5.74, 6) is 0.744. The van der Waals surface area contributed by atoms with E-state index in [2.05, 4.69) is 62.5 Å². The Morgan fingerprint density at radius 2 is 1.94 bits per heavy atom. The molecule has 0 heterocycles. The maximum Gasteiger partial charge on any atom is -0.00141 e. The lowest BCUT2D eigenvalue weighted by atomic mass is 10.1. The van der Waals surface area contributed by atoms with Crippen molar-refractivity contribution >= 4 is 0 Å². The van der Waals surface area contributed by atoms with Crippen LogP contribution in [0.15, 0.2) is 42.0 Å². The van der Waals surface area contributed by atoms with Crippen LogP contribution in [0.5, 0.6) is 0 Å². The first kappa shape index (κ1) is 15.0. The highest BCUT2D eigenvalue weighted by Crippen LogP contribution is 2.08. The third-order valence-corrected chi connectivity index (χ3v) is 3.02. The van der Waals surface area contributed by atoms with E-state index < -0.39 is 0 Å². The molecule has 1 aromatic rings. The number of hydrogen-bond acceptors (Lipinski definition) is 1. The summed E-state index contributed by atoms with van der Waals surface area (Å²) in [5.41, 5.74) is 2.94. The zero-order chi connectivity index (χ0) is 13.2. The van der Waals surface area contributed by atoms with Crippen LogP contribution in [0.3, 0.4) is 0 Å². The SMILES string of the molecule is CC(=CCCNCC(C)C)CCc1ccccc1. The molecule has 0 saturated heterocycles. The van der Waals surface area contributed by atoms with Gasteiger partial charge in [-0.05, 0) is 50.8 Å². The Kier molecular flexibility index (Phi) is 7.43.